The summed E-state index contributed by atoms with van der Waals surface area (Å²) in [6.45, 7) is -0.538. The van der Waals surface area contributed by atoms with Crippen molar-refractivity contribution in [3.8, 4) is 0 Å². The zero-order valence-corrected chi connectivity index (χ0v) is 8.40. The Bertz CT molecular complexity index is 263. The third kappa shape index (κ3) is 3.13. The van der Waals surface area contributed by atoms with Gasteiger partial charge in [-0.15, -0.1) is 0 Å². The summed E-state index contributed by atoms with van der Waals surface area (Å²) in [5.74, 6) is -4.36. The van der Waals surface area contributed by atoms with E-state index in [4.69, 9.17) is 10.2 Å². The van der Waals surface area contributed by atoms with Gasteiger partial charge in [0.25, 0.3) is 6.43 Å². The third-order valence-electron chi connectivity index (χ3n) is 2.76. The standard InChI is InChI=1S/C9H13F2NO4/c10-7(11)3-12-4-1-5(8(13)14)6(2-4)9(15)16/h4-7,12H,1-3H2,(H,13,14)(H,15,16)/t5-,6-/m1/s1. The van der Waals surface area contributed by atoms with Gasteiger partial charge in [0.05, 0.1) is 18.4 Å². The maximum atomic E-state index is 11.9. The van der Waals surface area contributed by atoms with Crippen LogP contribution in [0.25, 0.3) is 0 Å². The van der Waals surface area contributed by atoms with E-state index in [2.05, 4.69) is 5.32 Å². The Kier molecular flexibility index (Phi) is 4.17. The van der Waals surface area contributed by atoms with Crippen molar-refractivity contribution >= 4 is 11.9 Å². The molecule has 1 aliphatic rings. The van der Waals surface area contributed by atoms with Gasteiger partial charge in [-0.2, -0.15) is 0 Å². The fourth-order valence-corrected chi connectivity index (χ4v) is 2.01. The normalized spacial score (nSPS) is 26.2. The molecule has 7 heteroatoms. The second-order valence-electron chi connectivity index (χ2n) is 3.86. The van der Waals surface area contributed by atoms with Crippen LogP contribution in [0.5, 0.6) is 0 Å². The van der Waals surface area contributed by atoms with E-state index in [1.165, 1.54) is 0 Å². The SMILES string of the molecule is O=C(O)[C@@H]1CC(NCC(F)F)C[C@H]1C(=O)O. The molecule has 0 spiro atoms. The maximum absolute atomic E-state index is 11.9. The number of carboxylic acid groups (broad SMARTS) is 2. The molecule has 2 atom stereocenters. The molecule has 5 nitrogen and oxygen atoms in total. The number of hydrogen-bond acceptors (Lipinski definition) is 3. The Labute approximate surface area is 90.4 Å². The van der Waals surface area contributed by atoms with E-state index in [1.54, 1.807) is 0 Å². The molecule has 1 saturated carbocycles. The van der Waals surface area contributed by atoms with E-state index in [9.17, 15) is 18.4 Å². The Balaban J connectivity index is 2.55. The third-order valence-corrected chi connectivity index (χ3v) is 2.76. The number of rotatable bonds is 5. The molecule has 0 aromatic heterocycles. The molecule has 0 heterocycles. The van der Waals surface area contributed by atoms with Crippen LogP contribution in [-0.4, -0.2) is 41.2 Å². The quantitative estimate of drug-likeness (QED) is 0.644. The van der Waals surface area contributed by atoms with Crippen molar-refractivity contribution in [1.29, 1.82) is 0 Å². The largest absolute Gasteiger partial charge is 0.481 e. The molecule has 1 aliphatic carbocycles. The molecule has 1 fully saturated rings. The minimum absolute atomic E-state index is 0.0824. The summed E-state index contributed by atoms with van der Waals surface area (Å²) < 4.78 is 23.8. The van der Waals surface area contributed by atoms with Gasteiger partial charge in [-0.1, -0.05) is 0 Å². The fourth-order valence-electron chi connectivity index (χ4n) is 2.01. The number of carbonyl (C=O) groups is 2. The van der Waals surface area contributed by atoms with E-state index in [0.717, 1.165) is 0 Å². The molecule has 0 amide bonds. The number of aliphatic carboxylic acids is 2. The molecular formula is C9H13F2NO4. The Morgan fingerprint density at radius 3 is 1.94 bits per heavy atom. The number of hydrogen-bond donors (Lipinski definition) is 3. The lowest BCUT2D eigenvalue weighted by Gasteiger charge is -2.10. The molecule has 0 aromatic rings. The predicted octanol–water partition coefficient (Wildman–Crippen LogP) is 0.405. The van der Waals surface area contributed by atoms with Crippen LogP contribution in [0.2, 0.25) is 0 Å². The first-order valence-corrected chi connectivity index (χ1v) is 4.89. The van der Waals surface area contributed by atoms with Gasteiger partial charge in [0, 0.05) is 6.04 Å². The average molecular weight is 237 g/mol. The molecule has 0 aliphatic heterocycles. The average Bonchev–Trinajstić information content (AvgIpc) is 2.58. The molecule has 0 unspecified atom stereocenters. The van der Waals surface area contributed by atoms with Crippen molar-refractivity contribution in [3.05, 3.63) is 0 Å². The fraction of sp³-hybridized carbons (Fsp3) is 0.778. The lowest BCUT2D eigenvalue weighted by molar-refractivity contribution is -0.152. The topological polar surface area (TPSA) is 86.6 Å². The number of halogens is 2. The van der Waals surface area contributed by atoms with Gasteiger partial charge in [0.15, 0.2) is 0 Å². The molecule has 0 saturated heterocycles. The zero-order valence-electron chi connectivity index (χ0n) is 8.40. The van der Waals surface area contributed by atoms with Crippen LogP contribution in [-0.2, 0) is 9.59 Å². The minimum atomic E-state index is -2.52. The van der Waals surface area contributed by atoms with Crippen LogP contribution < -0.4 is 5.32 Å². The maximum Gasteiger partial charge on any atom is 0.307 e. The van der Waals surface area contributed by atoms with Crippen LogP contribution in [0.15, 0.2) is 0 Å². The van der Waals surface area contributed by atoms with Crippen molar-refractivity contribution in [2.75, 3.05) is 6.54 Å². The van der Waals surface area contributed by atoms with Gasteiger partial charge in [0.2, 0.25) is 0 Å². The summed E-state index contributed by atoms with van der Waals surface area (Å²) in [6, 6.07) is -0.462. The van der Waals surface area contributed by atoms with E-state index in [1.807, 2.05) is 0 Å². The highest BCUT2D eigenvalue weighted by molar-refractivity contribution is 5.80. The lowest BCUT2D eigenvalue weighted by Crippen LogP contribution is -2.31. The number of carboxylic acids is 2. The Hall–Kier alpha value is -1.24. The van der Waals surface area contributed by atoms with Gasteiger partial charge in [-0.25, -0.2) is 8.78 Å². The van der Waals surface area contributed by atoms with E-state index < -0.39 is 42.8 Å². The molecule has 1 rings (SSSR count). The van der Waals surface area contributed by atoms with Crippen LogP contribution in [0.1, 0.15) is 12.8 Å². The highest BCUT2D eigenvalue weighted by Gasteiger charge is 2.42. The second kappa shape index (κ2) is 5.20. The first kappa shape index (κ1) is 12.8. The summed E-state index contributed by atoms with van der Waals surface area (Å²) in [5.41, 5.74) is 0. The zero-order chi connectivity index (χ0) is 12.3. The monoisotopic (exact) mass is 237 g/mol. The van der Waals surface area contributed by atoms with E-state index in [0.29, 0.717) is 0 Å². The number of nitrogens with one attached hydrogen (secondary N) is 1. The first-order valence-electron chi connectivity index (χ1n) is 4.89. The van der Waals surface area contributed by atoms with Crippen molar-refractivity contribution in [2.45, 2.75) is 25.3 Å². The van der Waals surface area contributed by atoms with Crippen LogP contribution >= 0.6 is 0 Å². The molecular weight excluding hydrogens is 224 g/mol. The van der Waals surface area contributed by atoms with Gasteiger partial charge >= 0.3 is 11.9 Å². The minimum Gasteiger partial charge on any atom is -0.481 e. The lowest BCUT2D eigenvalue weighted by atomic mass is 9.97. The highest BCUT2D eigenvalue weighted by atomic mass is 19.3. The van der Waals surface area contributed by atoms with Gasteiger partial charge in [0.1, 0.15) is 0 Å². The molecule has 0 bridgehead atoms. The number of alkyl halides is 2. The van der Waals surface area contributed by atoms with E-state index >= 15 is 0 Å². The van der Waals surface area contributed by atoms with Crippen LogP contribution in [0, 0.1) is 11.8 Å². The summed E-state index contributed by atoms with van der Waals surface area (Å²) in [7, 11) is 0. The van der Waals surface area contributed by atoms with Crippen molar-refractivity contribution in [2.24, 2.45) is 11.8 Å². The van der Waals surface area contributed by atoms with Crippen molar-refractivity contribution < 1.29 is 28.6 Å². The molecule has 16 heavy (non-hydrogen) atoms. The molecule has 0 radical (unpaired) electrons. The molecule has 3 N–H and O–H groups in total. The molecule has 0 aromatic carbocycles. The highest BCUT2D eigenvalue weighted by Crippen LogP contribution is 2.32. The smallest absolute Gasteiger partial charge is 0.307 e. The summed E-state index contributed by atoms with van der Waals surface area (Å²) in [6.07, 6.45) is -2.36. The Morgan fingerprint density at radius 2 is 1.62 bits per heavy atom. The Morgan fingerprint density at radius 1 is 1.19 bits per heavy atom. The molecule has 92 valence electrons. The second-order valence-corrected chi connectivity index (χ2v) is 3.86. The van der Waals surface area contributed by atoms with Crippen molar-refractivity contribution in [1.82, 2.24) is 5.32 Å². The van der Waals surface area contributed by atoms with Crippen LogP contribution in [0.4, 0.5) is 8.78 Å². The van der Waals surface area contributed by atoms with Crippen LogP contribution in [0.3, 0.4) is 0 Å². The summed E-state index contributed by atoms with van der Waals surface area (Å²) in [5, 5.41) is 20.1. The summed E-state index contributed by atoms with van der Waals surface area (Å²) >= 11 is 0. The first-order chi connectivity index (χ1) is 7.41. The van der Waals surface area contributed by atoms with E-state index in [-0.39, 0.29) is 12.8 Å². The van der Waals surface area contributed by atoms with Gasteiger partial charge in [-0.3, -0.25) is 9.59 Å². The summed E-state index contributed by atoms with van der Waals surface area (Å²) in [4.78, 5) is 21.5. The predicted molar refractivity (Wildman–Crippen MR) is 49.3 cm³/mol. The van der Waals surface area contributed by atoms with Crippen molar-refractivity contribution in [3.63, 3.8) is 0 Å². The van der Waals surface area contributed by atoms with Gasteiger partial charge < -0.3 is 15.5 Å². The van der Waals surface area contributed by atoms with Gasteiger partial charge in [-0.05, 0) is 12.8 Å².